The predicted octanol–water partition coefficient (Wildman–Crippen LogP) is 0.619. The fourth-order valence-electron chi connectivity index (χ4n) is 0.840. The van der Waals surface area contributed by atoms with Gasteiger partial charge >= 0.3 is 0 Å². The van der Waals surface area contributed by atoms with Crippen molar-refractivity contribution in [2.75, 3.05) is 13.1 Å². The van der Waals surface area contributed by atoms with E-state index in [4.69, 9.17) is 6.42 Å². The van der Waals surface area contributed by atoms with Crippen molar-refractivity contribution >= 4 is 0 Å². The molecular formula is C7H11N. The Balaban J connectivity index is 1.95. The van der Waals surface area contributed by atoms with E-state index < -0.39 is 0 Å². The van der Waals surface area contributed by atoms with E-state index in [9.17, 15) is 0 Å². The maximum atomic E-state index is 5.09. The first-order valence-electron chi connectivity index (χ1n) is 3.07. The zero-order valence-electron chi connectivity index (χ0n) is 4.98. The summed E-state index contributed by atoms with van der Waals surface area (Å²) in [5, 5.41) is 3.20. The molecule has 1 fully saturated rings. The fourth-order valence-corrected chi connectivity index (χ4v) is 0.840. The molecule has 8 heavy (non-hydrogen) atoms. The molecule has 0 amide bonds. The Hall–Kier alpha value is -0.480. The van der Waals surface area contributed by atoms with E-state index in [0.717, 1.165) is 12.3 Å². The molecular weight excluding hydrogens is 98.1 g/mol. The SMILES string of the molecule is C#CCCC1CNC1. The summed E-state index contributed by atoms with van der Waals surface area (Å²) in [6, 6.07) is 0. The van der Waals surface area contributed by atoms with Crippen LogP contribution in [0.2, 0.25) is 0 Å². The van der Waals surface area contributed by atoms with Gasteiger partial charge in [-0.1, -0.05) is 0 Å². The zero-order chi connectivity index (χ0) is 5.82. The van der Waals surface area contributed by atoms with Gasteiger partial charge in [-0.15, -0.1) is 12.3 Å². The first kappa shape index (κ1) is 5.65. The van der Waals surface area contributed by atoms with Crippen LogP contribution in [0.5, 0.6) is 0 Å². The Labute approximate surface area is 50.5 Å². The van der Waals surface area contributed by atoms with Crippen LogP contribution in [0.1, 0.15) is 12.8 Å². The minimum Gasteiger partial charge on any atom is -0.316 e. The van der Waals surface area contributed by atoms with Crippen molar-refractivity contribution in [1.82, 2.24) is 5.32 Å². The van der Waals surface area contributed by atoms with Gasteiger partial charge < -0.3 is 5.32 Å². The summed E-state index contributed by atoms with van der Waals surface area (Å²) in [6.07, 6.45) is 7.25. The highest BCUT2D eigenvalue weighted by molar-refractivity contribution is 4.86. The number of rotatable bonds is 2. The summed E-state index contributed by atoms with van der Waals surface area (Å²) >= 11 is 0. The molecule has 1 rings (SSSR count). The third-order valence-electron chi connectivity index (χ3n) is 1.56. The summed E-state index contributed by atoms with van der Waals surface area (Å²) in [5.74, 6) is 3.52. The van der Waals surface area contributed by atoms with Crippen molar-refractivity contribution in [3.05, 3.63) is 0 Å². The highest BCUT2D eigenvalue weighted by Gasteiger charge is 2.14. The van der Waals surface area contributed by atoms with Gasteiger partial charge in [0, 0.05) is 6.42 Å². The first-order chi connectivity index (χ1) is 3.93. The largest absolute Gasteiger partial charge is 0.316 e. The normalized spacial score (nSPS) is 19.4. The highest BCUT2D eigenvalue weighted by atomic mass is 14.9. The van der Waals surface area contributed by atoms with Crippen LogP contribution in [0.3, 0.4) is 0 Å². The average Bonchev–Trinajstić information content (AvgIpc) is 1.63. The van der Waals surface area contributed by atoms with Gasteiger partial charge in [0.25, 0.3) is 0 Å². The third kappa shape index (κ3) is 1.24. The molecule has 0 unspecified atom stereocenters. The molecule has 1 aliphatic rings. The molecule has 1 N–H and O–H groups in total. The van der Waals surface area contributed by atoms with Crippen molar-refractivity contribution in [3.8, 4) is 12.3 Å². The molecule has 0 radical (unpaired) electrons. The molecule has 0 aliphatic carbocycles. The number of terminal acetylenes is 1. The summed E-state index contributed by atoms with van der Waals surface area (Å²) in [4.78, 5) is 0. The summed E-state index contributed by atoms with van der Waals surface area (Å²) in [7, 11) is 0. The van der Waals surface area contributed by atoms with Gasteiger partial charge in [0.05, 0.1) is 0 Å². The van der Waals surface area contributed by atoms with Gasteiger partial charge in [-0.25, -0.2) is 0 Å². The maximum absolute atomic E-state index is 5.09. The average molecular weight is 109 g/mol. The molecule has 0 bridgehead atoms. The number of hydrogen-bond acceptors (Lipinski definition) is 1. The Morgan fingerprint density at radius 3 is 2.75 bits per heavy atom. The van der Waals surface area contributed by atoms with E-state index in [1.807, 2.05) is 0 Å². The lowest BCUT2D eigenvalue weighted by Crippen LogP contribution is -2.41. The molecule has 0 saturated carbocycles. The van der Waals surface area contributed by atoms with Crippen LogP contribution in [-0.4, -0.2) is 13.1 Å². The van der Waals surface area contributed by atoms with Gasteiger partial charge in [0.2, 0.25) is 0 Å². The Kier molecular flexibility index (Phi) is 1.93. The minimum absolute atomic E-state index is 0.881. The number of hydrogen-bond donors (Lipinski definition) is 1. The quantitative estimate of drug-likeness (QED) is 0.512. The second kappa shape index (κ2) is 2.74. The van der Waals surface area contributed by atoms with E-state index in [0.29, 0.717) is 0 Å². The molecule has 1 nitrogen and oxygen atoms in total. The molecule has 0 atom stereocenters. The molecule has 44 valence electrons. The summed E-state index contributed by atoms with van der Waals surface area (Å²) in [6.45, 7) is 2.36. The molecule has 1 heteroatoms. The van der Waals surface area contributed by atoms with Gasteiger partial charge in [-0.3, -0.25) is 0 Å². The summed E-state index contributed by atoms with van der Waals surface area (Å²) in [5.41, 5.74) is 0. The van der Waals surface area contributed by atoms with Gasteiger partial charge in [0.1, 0.15) is 0 Å². The lowest BCUT2D eigenvalue weighted by Gasteiger charge is -2.25. The standard InChI is InChI=1S/C7H11N/c1-2-3-4-7-5-8-6-7/h1,7-8H,3-6H2. The summed E-state index contributed by atoms with van der Waals surface area (Å²) < 4.78 is 0. The first-order valence-corrected chi connectivity index (χ1v) is 3.07. The third-order valence-corrected chi connectivity index (χ3v) is 1.56. The Morgan fingerprint density at radius 1 is 1.62 bits per heavy atom. The van der Waals surface area contributed by atoms with Crippen LogP contribution < -0.4 is 5.32 Å². The van der Waals surface area contributed by atoms with E-state index in [1.54, 1.807) is 0 Å². The van der Waals surface area contributed by atoms with Crippen molar-refractivity contribution in [3.63, 3.8) is 0 Å². The minimum atomic E-state index is 0.881. The van der Waals surface area contributed by atoms with E-state index in [1.165, 1.54) is 19.5 Å². The molecule has 1 saturated heterocycles. The molecule has 1 aliphatic heterocycles. The molecule has 0 aromatic heterocycles. The Bertz CT molecular complexity index is 97.4. The van der Waals surface area contributed by atoms with Gasteiger partial charge in [-0.2, -0.15) is 0 Å². The molecule has 1 heterocycles. The zero-order valence-corrected chi connectivity index (χ0v) is 4.98. The molecule has 0 aromatic rings. The van der Waals surface area contributed by atoms with Crippen LogP contribution in [0.15, 0.2) is 0 Å². The second-order valence-corrected chi connectivity index (χ2v) is 2.27. The van der Waals surface area contributed by atoms with Crippen molar-refractivity contribution < 1.29 is 0 Å². The maximum Gasteiger partial charge on any atom is 0.00896 e. The van der Waals surface area contributed by atoms with Crippen LogP contribution in [0.25, 0.3) is 0 Å². The van der Waals surface area contributed by atoms with E-state index in [2.05, 4.69) is 11.2 Å². The monoisotopic (exact) mass is 109 g/mol. The van der Waals surface area contributed by atoms with Crippen LogP contribution >= 0.6 is 0 Å². The topological polar surface area (TPSA) is 12.0 Å². The second-order valence-electron chi connectivity index (χ2n) is 2.27. The van der Waals surface area contributed by atoms with Crippen LogP contribution in [-0.2, 0) is 0 Å². The predicted molar refractivity (Wildman–Crippen MR) is 34.4 cm³/mol. The smallest absolute Gasteiger partial charge is 0.00896 e. The van der Waals surface area contributed by atoms with Gasteiger partial charge in [-0.05, 0) is 25.4 Å². The Morgan fingerprint density at radius 2 is 2.38 bits per heavy atom. The van der Waals surface area contributed by atoms with Crippen LogP contribution in [0.4, 0.5) is 0 Å². The van der Waals surface area contributed by atoms with E-state index >= 15 is 0 Å². The van der Waals surface area contributed by atoms with Crippen LogP contribution in [0, 0.1) is 18.3 Å². The van der Waals surface area contributed by atoms with E-state index in [-0.39, 0.29) is 0 Å². The molecule has 0 spiro atoms. The molecule has 0 aromatic carbocycles. The van der Waals surface area contributed by atoms with Crippen molar-refractivity contribution in [2.24, 2.45) is 5.92 Å². The van der Waals surface area contributed by atoms with Gasteiger partial charge in [0.15, 0.2) is 0 Å². The highest BCUT2D eigenvalue weighted by Crippen LogP contribution is 2.09. The fraction of sp³-hybridized carbons (Fsp3) is 0.714. The van der Waals surface area contributed by atoms with Crippen molar-refractivity contribution in [1.29, 1.82) is 0 Å². The number of nitrogens with one attached hydrogen (secondary N) is 1. The van der Waals surface area contributed by atoms with Crippen molar-refractivity contribution in [2.45, 2.75) is 12.8 Å². The lowest BCUT2D eigenvalue weighted by molar-refractivity contribution is 0.331. The lowest BCUT2D eigenvalue weighted by atomic mass is 9.98.